The van der Waals surface area contributed by atoms with E-state index in [-0.39, 0.29) is 17.7 Å². The third-order valence-electron chi connectivity index (χ3n) is 5.18. The quantitative estimate of drug-likeness (QED) is 0.690. The minimum atomic E-state index is -0.0659. The molecular weight excluding hydrogens is 366 g/mol. The molecule has 1 aliphatic rings. The van der Waals surface area contributed by atoms with Gasteiger partial charge in [-0.1, -0.05) is 18.2 Å². The maximum Gasteiger partial charge on any atom is 0.228 e. The summed E-state index contributed by atoms with van der Waals surface area (Å²) in [5.74, 6) is 1.54. The lowest BCUT2D eigenvalue weighted by molar-refractivity contribution is -0.134. The van der Waals surface area contributed by atoms with Gasteiger partial charge in [0.2, 0.25) is 11.8 Å². The van der Waals surface area contributed by atoms with Crippen LogP contribution in [0.3, 0.4) is 0 Å². The summed E-state index contributed by atoms with van der Waals surface area (Å²) in [4.78, 5) is 30.8. The highest BCUT2D eigenvalue weighted by Gasteiger charge is 2.27. The van der Waals surface area contributed by atoms with Crippen LogP contribution in [0.1, 0.15) is 37.7 Å². The minimum absolute atomic E-state index is 0.0101. The molecule has 6 nitrogen and oxygen atoms in total. The average Bonchev–Trinajstić information content (AvgIpc) is 2.74. The van der Waals surface area contributed by atoms with Gasteiger partial charge in [0.05, 0.1) is 6.61 Å². The van der Waals surface area contributed by atoms with E-state index < -0.39 is 0 Å². The third-order valence-corrected chi connectivity index (χ3v) is 5.18. The molecule has 29 heavy (non-hydrogen) atoms. The predicted molar refractivity (Wildman–Crippen MR) is 113 cm³/mol. The van der Waals surface area contributed by atoms with Gasteiger partial charge in [-0.25, -0.2) is 4.98 Å². The van der Waals surface area contributed by atoms with Gasteiger partial charge in [-0.2, -0.15) is 0 Å². The van der Waals surface area contributed by atoms with Crippen LogP contribution >= 0.6 is 0 Å². The molecule has 0 atom stereocenters. The first-order chi connectivity index (χ1) is 14.1. The molecule has 1 aliphatic heterocycles. The maximum absolute atomic E-state index is 12.4. The normalized spacial score (nSPS) is 14.4. The predicted octanol–water partition coefficient (Wildman–Crippen LogP) is 3.82. The molecule has 0 spiro atoms. The zero-order valence-corrected chi connectivity index (χ0v) is 17.0. The van der Waals surface area contributed by atoms with Crippen molar-refractivity contribution in [1.82, 2.24) is 9.88 Å². The Kier molecular flexibility index (Phi) is 7.61. The molecule has 3 rings (SSSR count). The summed E-state index contributed by atoms with van der Waals surface area (Å²) in [7, 11) is 0. The number of ether oxygens (including phenoxy) is 1. The summed E-state index contributed by atoms with van der Waals surface area (Å²) in [6.45, 7) is 3.93. The molecule has 2 aromatic rings. The third kappa shape index (κ3) is 6.59. The monoisotopic (exact) mass is 395 g/mol. The summed E-state index contributed by atoms with van der Waals surface area (Å²) < 4.78 is 5.73. The Bertz CT molecular complexity index is 802. The number of hydrogen-bond donors (Lipinski definition) is 1. The van der Waals surface area contributed by atoms with Crippen molar-refractivity contribution in [3.05, 3.63) is 54.2 Å². The SMILES string of the molecule is Cc1cccc(OCCCCC(=O)N2CCC(C(=O)Nc3ccccn3)CC2)c1. The van der Waals surface area contributed by atoms with Gasteiger partial charge in [-0.3, -0.25) is 9.59 Å². The second kappa shape index (κ2) is 10.6. The van der Waals surface area contributed by atoms with Gasteiger partial charge in [-0.15, -0.1) is 0 Å². The van der Waals surface area contributed by atoms with Crippen molar-refractivity contribution in [1.29, 1.82) is 0 Å². The zero-order valence-electron chi connectivity index (χ0n) is 17.0. The summed E-state index contributed by atoms with van der Waals surface area (Å²) in [5, 5.41) is 2.85. The second-order valence-corrected chi connectivity index (χ2v) is 7.48. The lowest BCUT2D eigenvalue weighted by atomic mass is 9.95. The van der Waals surface area contributed by atoms with E-state index in [9.17, 15) is 9.59 Å². The van der Waals surface area contributed by atoms with Crippen LogP contribution in [-0.4, -0.2) is 41.4 Å². The first-order valence-electron chi connectivity index (χ1n) is 10.3. The lowest BCUT2D eigenvalue weighted by Crippen LogP contribution is -2.41. The van der Waals surface area contributed by atoms with E-state index in [2.05, 4.69) is 10.3 Å². The number of piperidine rings is 1. The molecule has 1 fully saturated rings. The van der Waals surface area contributed by atoms with E-state index in [4.69, 9.17) is 4.74 Å². The van der Waals surface area contributed by atoms with Gasteiger partial charge >= 0.3 is 0 Å². The molecule has 1 saturated heterocycles. The zero-order chi connectivity index (χ0) is 20.5. The number of unbranched alkanes of at least 4 members (excludes halogenated alkanes) is 1. The average molecular weight is 396 g/mol. The van der Waals surface area contributed by atoms with Gasteiger partial charge in [0.1, 0.15) is 11.6 Å². The topological polar surface area (TPSA) is 71.5 Å². The number of carbonyl (C=O) groups excluding carboxylic acids is 2. The van der Waals surface area contributed by atoms with Crippen molar-refractivity contribution >= 4 is 17.6 Å². The van der Waals surface area contributed by atoms with Gasteiger partial charge in [0, 0.05) is 31.6 Å². The van der Waals surface area contributed by atoms with E-state index >= 15 is 0 Å². The first kappa shape index (κ1) is 20.8. The van der Waals surface area contributed by atoms with Crippen molar-refractivity contribution in [2.24, 2.45) is 5.92 Å². The van der Waals surface area contributed by atoms with Gasteiger partial charge < -0.3 is 15.0 Å². The maximum atomic E-state index is 12.4. The minimum Gasteiger partial charge on any atom is -0.494 e. The number of nitrogens with one attached hydrogen (secondary N) is 1. The number of hydrogen-bond acceptors (Lipinski definition) is 4. The van der Waals surface area contributed by atoms with Crippen molar-refractivity contribution in [2.45, 2.75) is 39.0 Å². The molecule has 0 aliphatic carbocycles. The van der Waals surface area contributed by atoms with Crippen LogP contribution in [0.15, 0.2) is 48.7 Å². The first-order valence-corrected chi connectivity index (χ1v) is 10.3. The number of benzene rings is 1. The molecule has 154 valence electrons. The van der Waals surface area contributed by atoms with Crippen molar-refractivity contribution in [3.8, 4) is 5.75 Å². The van der Waals surface area contributed by atoms with Crippen LogP contribution in [0.5, 0.6) is 5.75 Å². The lowest BCUT2D eigenvalue weighted by Gasteiger charge is -2.31. The number of amides is 2. The van der Waals surface area contributed by atoms with Crippen LogP contribution in [-0.2, 0) is 9.59 Å². The van der Waals surface area contributed by atoms with Crippen molar-refractivity contribution in [2.75, 3.05) is 25.0 Å². The summed E-state index contributed by atoms with van der Waals surface area (Å²) in [6, 6.07) is 13.4. The molecule has 1 N–H and O–H groups in total. The largest absolute Gasteiger partial charge is 0.494 e. The second-order valence-electron chi connectivity index (χ2n) is 7.48. The molecule has 6 heteroatoms. The Morgan fingerprint density at radius 1 is 1.14 bits per heavy atom. The molecule has 0 bridgehead atoms. The van der Waals surface area contributed by atoms with Crippen molar-refractivity contribution in [3.63, 3.8) is 0 Å². The van der Waals surface area contributed by atoms with E-state index in [1.54, 1.807) is 12.3 Å². The fourth-order valence-electron chi connectivity index (χ4n) is 3.49. The smallest absolute Gasteiger partial charge is 0.228 e. The van der Waals surface area contributed by atoms with Gasteiger partial charge in [-0.05, 0) is 62.4 Å². The highest BCUT2D eigenvalue weighted by molar-refractivity contribution is 5.91. The Morgan fingerprint density at radius 2 is 1.97 bits per heavy atom. The van der Waals surface area contributed by atoms with E-state index in [1.165, 1.54) is 5.56 Å². The molecule has 0 radical (unpaired) electrons. The van der Waals surface area contributed by atoms with Gasteiger partial charge in [0.15, 0.2) is 0 Å². The molecule has 2 heterocycles. The number of likely N-dealkylation sites (tertiary alicyclic amines) is 1. The number of rotatable bonds is 8. The number of anilines is 1. The number of nitrogens with zero attached hydrogens (tertiary/aromatic N) is 2. The van der Waals surface area contributed by atoms with Crippen LogP contribution in [0.2, 0.25) is 0 Å². The Morgan fingerprint density at radius 3 is 2.69 bits per heavy atom. The Balaban J connectivity index is 1.31. The van der Waals surface area contributed by atoms with Crippen molar-refractivity contribution < 1.29 is 14.3 Å². The Hall–Kier alpha value is -2.89. The summed E-state index contributed by atoms with van der Waals surface area (Å²) in [5.41, 5.74) is 1.18. The van der Waals surface area contributed by atoms with Crippen LogP contribution in [0, 0.1) is 12.8 Å². The Labute approximate surface area is 172 Å². The standard InChI is InChI=1S/C23H29N3O3/c1-18-7-6-8-20(17-18)29-16-5-3-10-22(27)26-14-11-19(12-15-26)23(28)25-21-9-2-4-13-24-21/h2,4,6-9,13,17,19H,3,5,10-12,14-16H2,1H3,(H,24,25,28). The van der Waals surface area contributed by atoms with E-state index in [1.807, 2.05) is 48.2 Å². The molecule has 0 unspecified atom stereocenters. The summed E-state index contributed by atoms with van der Waals surface area (Å²) >= 11 is 0. The van der Waals surface area contributed by atoms with E-state index in [0.717, 1.165) is 18.6 Å². The fourth-order valence-corrected chi connectivity index (χ4v) is 3.49. The number of aryl methyl sites for hydroxylation is 1. The highest BCUT2D eigenvalue weighted by Crippen LogP contribution is 2.20. The van der Waals surface area contributed by atoms with Crippen LogP contribution in [0.25, 0.3) is 0 Å². The summed E-state index contributed by atoms with van der Waals surface area (Å²) in [6.07, 6.45) is 5.24. The molecule has 0 saturated carbocycles. The number of aromatic nitrogens is 1. The van der Waals surface area contributed by atoms with Gasteiger partial charge in [0.25, 0.3) is 0 Å². The number of carbonyl (C=O) groups is 2. The molecule has 1 aromatic heterocycles. The highest BCUT2D eigenvalue weighted by atomic mass is 16.5. The number of pyridine rings is 1. The molecule has 2 amide bonds. The molecular formula is C23H29N3O3. The molecule has 1 aromatic carbocycles. The van der Waals surface area contributed by atoms with E-state index in [0.29, 0.717) is 44.8 Å². The van der Waals surface area contributed by atoms with Crippen LogP contribution < -0.4 is 10.1 Å². The van der Waals surface area contributed by atoms with Crippen LogP contribution in [0.4, 0.5) is 5.82 Å². The fraction of sp³-hybridized carbons (Fsp3) is 0.435.